The molecule has 0 saturated carbocycles. The first-order valence-electron chi connectivity index (χ1n) is 14.7. The number of aliphatic hydroxyl groups excluding tert-OH is 1. The summed E-state index contributed by atoms with van der Waals surface area (Å²) in [7, 11) is -1.31. The van der Waals surface area contributed by atoms with Gasteiger partial charge < -0.3 is 10.1 Å². The summed E-state index contributed by atoms with van der Waals surface area (Å²) in [4.78, 5) is 16.4. The molecule has 4 aromatic rings. The van der Waals surface area contributed by atoms with E-state index in [1.54, 1.807) is 0 Å². The van der Waals surface area contributed by atoms with Crippen molar-refractivity contribution in [3.05, 3.63) is 71.6 Å². The third-order valence-corrected chi connectivity index (χ3v) is 11.0. The molecule has 0 saturated heterocycles. The third kappa shape index (κ3) is 8.70. The zero-order valence-electron chi connectivity index (χ0n) is 26.1. The summed E-state index contributed by atoms with van der Waals surface area (Å²) in [5, 5.41) is 13.9. The number of ketones is 1. The molecule has 1 radical (unpaired) electrons. The summed E-state index contributed by atoms with van der Waals surface area (Å²) < 4.78 is 2.64. The van der Waals surface area contributed by atoms with Crippen LogP contribution >= 0.6 is 11.3 Å². The van der Waals surface area contributed by atoms with Crippen molar-refractivity contribution in [2.75, 3.05) is 0 Å². The number of aromatic nitrogens is 1. The van der Waals surface area contributed by atoms with E-state index in [4.69, 9.17) is 4.98 Å². The van der Waals surface area contributed by atoms with Crippen molar-refractivity contribution >= 4 is 50.6 Å². The van der Waals surface area contributed by atoms with Crippen molar-refractivity contribution in [1.82, 2.24) is 4.98 Å². The molecular weight excluding hydrogens is 719 g/mol. The van der Waals surface area contributed by atoms with E-state index >= 15 is 0 Å². The summed E-state index contributed by atoms with van der Waals surface area (Å²) >= 11 is 1.86. The number of rotatable bonds is 9. The number of pyridine rings is 1. The SMILES string of the molecule is CCC(CC)C(=O)/C=C(\O)C(CC)CC.Cc1[c-]c(-c2nccc3c2sc2cc([Si](C)(C)C)ccc23)cc(C)c1.[Ir]. The van der Waals surface area contributed by atoms with E-state index in [0.29, 0.717) is 0 Å². The third-order valence-electron chi connectivity index (χ3n) is 7.74. The van der Waals surface area contributed by atoms with Crippen LogP contribution in [0, 0.1) is 31.7 Å². The smallest absolute Gasteiger partial charge is 0.162 e. The Morgan fingerprint density at radius 2 is 1.59 bits per heavy atom. The van der Waals surface area contributed by atoms with Gasteiger partial charge in [0.25, 0.3) is 0 Å². The molecule has 6 heteroatoms. The average molecular weight is 765 g/mol. The standard InChI is InChI=1S/C22H22NSSi.C13H24O2.Ir/c1-14-10-15(2)12-16(11-14)21-22-19(8-9-23-21)18-7-6-17(25(3,4)5)13-20(18)24-22;1-5-10(6-2)12(14)9-13(15)11(7-3)8-4;/h6-11,13H,1-5H3;9-11,14H,5-8H2,1-4H3;/q-1;;/b;12-9-;. The summed E-state index contributed by atoms with van der Waals surface area (Å²) in [5.41, 5.74) is 4.57. The first-order valence-corrected chi connectivity index (χ1v) is 19.0. The molecule has 0 spiro atoms. The molecule has 1 N–H and O–H groups in total. The average Bonchev–Trinajstić information content (AvgIpc) is 3.27. The second-order valence-electron chi connectivity index (χ2n) is 11.9. The van der Waals surface area contributed by atoms with Gasteiger partial charge in [-0.05, 0) is 48.6 Å². The Balaban J connectivity index is 0.000000320. The van der Waals surface area contributed by atoms with Gasteiger partial charge in [-0.15, -0.1) is 46.2 Å². The van der Waals surface area contributed by atoms with Crippen LogP contribution in [0.25, 0.3) is 31.4 Å². The van der Waals surface area contributed by atoms with Crippen molar-refractivity contribution in [1.29, 1.82) is 0 Å². The molecule has 2 aromatic carbocycles. The molecule has 0 amide bonds. The van der Waals surface area contributed by atoms with Gasteiger partial charge in [0.1, 0.15) is 0 Å². The molecule has 41 heavy (non-hydrogen) atoms. The minimum absolute atomic E-state index is 0. The van der Waals surface area contributed by atoms with Crippen LogP contribution < -0.4 is 5.19 Å². The minimum Gasteiger partial charge on any atom is -0.512 e. The van der Waals surface area contributed by atoms with Crippen LogP contribution in [-0.4, -0.2) is 23.9 Å². The van der Waals surface area contributed by atoms with Crippen LogP contribution in [0.4, 0.5) is 0 Å². The second-order valence-corrected chi connectivity index (χ2v) is 18.0. The molecule has 3 nitrogen and oxygen atoms in total. The van der Waals surface area contributed by atoms with Crippen molar-refractivity contribution < 1.29 is 30.0 Å². The van der Waals surface area contributed by atoms with Gasteiger partial charge in [0.05, 0.1) is 13.8 Å². The number of hydrogen-bond donors (Lipinski definition) is 1. The topological polar surface area (TPSA) is 50.2 Å². The Morgan fingerprint density at radius 1 is 0.951 bits per heavy atom. The summed E-state index contributed by atoms with van der Waals surface area (Å²) in [6, 6.07) is 17.0. The van der Waals surface area contributed by atoms with E-state index in [0.717, 1.165) is 42.5 Å². The Labute approximate surface area is 265 Å². The number of benzene rings is 2. The minimum atomic E-state index is -1.31. The Hall–Kier alpha value is -2.11. The number of carbonyl (C=O) groups excluding carboxylic acids is 1. The van der Waals surface area contributed by atoms with Gasteiger partial charge in [-0.25, -0.2) is 0 Å². The Kier molecular flexibility index (Phi) is 13.2. The molecule has 0 atom stereocenters. The van der Waals surface area contributed by atoms with Crippen molar-refractivity contribution in [3.63, 3.8) is 0 Å². The normalized spacial score (nSPS) is 12.0. The number of thiophene rings is 1. The molecular formula is C35H46IrNO2SSi-. The molecule has 0 bridgehead atoms. The van der Waals surface area contributed by atoms with Crippen LogP contribution in [0.2, 0.25) is 19.6 Å². The van der Waals surface area contributed by atoms with Gasteiger partial charge in [0.15, 0.2) is 5.78 Å². The fourth-order valence-electron chi connectivity index (χ4n) is 5.16. The molecule has 2 heterocycles. The number of aryl methyl sites for hydroxylation is 2. The fourth-order valence-corrected chi connectivity index (χ4v) is 7.67. The maximum Gasteiger partial charge on any atom is 0.162 e. The molecule has 4 rings (SSSR count). The number of hydrogen-bond acceptors (Lipinski definition) is 4. The van der Waals surface area contributed by atoms with Crippen molar-refractivity contribution in [3.8, 4) is 11.3 Å². The predicted molar refractivity (Wildman–Crippen MR) is 178 cm³/mol. The summed E-state index contributed by atoms with van der Waals surface area (Å²) in [6.45, 7) is 19.5. The van der Waals surface area contributed by atoms with Gasteiger partial charge in [-0.2, -0.15) is 0 Å². The molecule has 223 valence electrons. The first-order chi connectivity index (χ1) is 18.9. The van der Waals surface area contributed by atoms with E-state index < -0.39 is 8.07 Å². The van der Waals surface area contributed by atoms with E-state index in [-0.39, 0.29) is 43.5 Å². The Morgan fingerprint density at radius 3 is 2.15 bits per heavy atom. The largest absolute Gasteiger partial charge is 0.512 e. The monoisotopic (exact) mass is 765 g/mol. The van der Waals surface area contributed by atoms with E-state index in [1.807, 2.05) is 45.2 Å². The van der Waals surface area contributed by atoms with E-state index in [1.165, 1.54) is 37.0 Å². The zero-order chi connectivity index (χ0) is 29.6. The van der Waals surface area contributed by atoms with Crippen molar-refractivity contribution in [2.24, 2.45) is 11.8 Å². The number of allylic oxidation sites excluding steroid dienone is 2. The predicted octanol–water partition coefficient (Wildman–Crippen LogP) is 9.95. The van der Waals surface area contributed by atoms with Crippen LogP contribution in [0.3, 0.4) is 0 Å². The van der Waals surface area contributed by atoms with Crippen LogP contribution in [0.1, 0.15) is 64.5 Å². The van der Waals surface area contributed by atoms with Crippen LogP contribution in [-0.2, 0) is 24.9 Å². The van der Waals surface area contributed by atoms with E-state index in [9.17, 15) is 9.90 Å². The van der Waals surface area contributed by atoms with Gasteiger partial charge in [-0.3, -0.25) is 4.79 Å². The summed E-state index contributed by atoms with van der Waals surface area (Å²) in [5.74, 6) is 0.547. The second kappa shape index (κ2) is 15.4. The summed E-state index contributed by atoms with van der Waals surface area (Å²) in [6.07, 6.45) is 6.84. The number of nitrogens with zero attached hydrogens (tertiary/aromatic N) is 1. The van der Waals surface area contributed by atoms with Gasteiger partial charge in [0.2, 0.25) is 0 Å². The van der Waals surface area contributed by atoms with Gasteiger partial charge in [0, 0.05) is 59.3 Å². The molecule has 0 fully saturated rings. The first kappa shape index (κ1) is 35.1. The van der Waals surface area contributed by atoms with E-state index in [2.05, 4.69) is 76.0 Å². The molecule has 2 aromatic heterocycles. The maximum absolute atomic E-state index is 11.7. The quantitative estimate of drug-likeness (QED) is 0.0800. The zero-order valence-corrected chi connectivity index (χ0v) is 30.4. The van der Waals surface area contributed by atoms with Gasteiger partial charge >= 0.3 is 0 Å². The maximum atomic E-state index is 11.7. The number of carbonyl (C=O) groups is 1. The molecule has 0 aliphatic heterocycles. The molecule has 0 unspecified atom stereocenters. The molecule has 0 aliphatic carbocycles. The number of aliphatic hydroxyl groups is 1. The van der Waals surface area contributed by atoms with Gasteiger partial charge in [-0.1, -0.05) is 78.5 Å². The molecule has 0 aliphatic rings. The Bertz CT molecular complexity index is 1470. The fraction of sp³-hybridized carbons (Fsp3) is 0.429. The van der Waals surface area contributed by atoms with Crippen molar-refractivity contribution in [2.45, 2.75) is 86.9 Å². The van der Waals surface area contributed by atoms with Crippen LogP contribution in [0.5, 0.6) is 0 Å². The number of fused-ring (bicyclic) bond motifs is 3. The van der Waals surface area contributed by atoms with Crippen LogP contribution in [0.15, 0.2) is 54.4 Å².